The third-order valence-electron chi connectivity index (χ3n) is 2.31. The summed E-state index contributed by atoms with van der Waals surface area (Å²) in [6.07, 6.45) is 1.85. The molecule has 13 heavy (non-hydrogen) atoms. The highest BCUT2D eigenvalue weighted by Crippen LogP contribution is 2.30. The minimum atomic E-state index is 0.511. The summed E-state index contributed by atoms with van der Waals surface area (Å²) in [6, 6.07) is 6.24. The number of aromatic amines is 1. The van der Waals surface area contributed by atoms with Gasteiger partial charge in [-0.25, -0.2) is 0 Å². The van der Waals surface area contributed by atoms with E-state index in [2.05, 4.69) is 31.0 Å². The largest absolute Gasteiger partial charge is 0.360 e. The molecule has 2 heteroatoms. The van der Waals surface area contributed by atoms with Crippen molar-refractivity contribution in [3.63, 3.8) is 0 Å². The van der Waals surface area contributed by atoms with Crippen LogP contribution in [0, 0.1) is 0 Å². The highest BCUT2D eigenvalue weighted by molar-refractivity contribution is 6.35. The van der Waals surface area contributed by atoms with Gasteiger partial charge in [0.05, 0.1) is 5.02 Å². The summed E-state index contributed by atoms with van der Waals surface area (Å²) in [6.45, 7) is 4.36. The number of hydrogen-bond acceptors (Lipinski definition) is 0. The molecule has 0 radical (unpaired) electrons. The van der Waals surface area contributed by atoms with Gasteiger partial charge in [-0.2, -0.15) is 0 Å². The number of aromatic nitrogens is 1. The van der Waals surface area contributed by atoms with Crippen LogP contribution in [0.5, 0.6) is 0 Å². The topological polar surface area (TPSA) is 15.8 Å². The van der Waals surface area contributed by atoms with Crippen molar-refractivity contribution in [3.05, 3.63) is 35.0 Å². The van der Waals surface area contributed by atoms with Crippen molar-refractivity contribution in [2.75, 3.05) is 0 Å². The quantitative estimate of drug-likeness (QED) is 0.706. The molecule has 0 amide bonds. The van der Waals surface area contributed by atoms with Gasteiger partial charge in [-0.3, -0.25) is 0 Å². The van der Waals surface area contributed by atoms with Gasteiger partial charge in [0.25, 0.3) is 0 Å². The van der Waals surface area contributed by atoms with Crippen molar-refractivity contribution in [2.24, 2.45) is 0 Å². The van der Waals surface area contributed by atoms with Gasteiger partial charge in [-0.05, 0) is 17.5 Å². The second-order valence-electron chi connectivity index (χ2n) is 3.56. The predicted molar refractivity (Wildman–Crippen MR) is 57.4 cm³/mol. The Morgan fingerprint density at radius 3 is 2.77 bits per heavy atom. The van der Waals surface area contributed by atoms with Crippen LogP contribution < -0.4 is 0 Å². The number of fused-ring (bicyclic) bond motifs is 1. The van der Waals surface area contributed by atoms with E-state index in [1.807, 2.05) is 12.3 Å². The monoisotopic (exact) mass is 193 g/mol. The molecule has 0 aliphatic rings. The highest BCUT2D eigenvalue weighted by atomic mass is 35.5. The fourth-order valence-electron chi connectivity index (χ4n) is 1.65. The van der Waals surface area contributed by atoms with Gasteiger partial charge in [-0.1, -0.05) is 37.6 Å². The molecule has 0 spiro atoms. The lowest BCUT2D eigenvalue weighted by Gasteiger charge is -2.06. The molecule has 0 unspecified atom stereocenters. The second-order valence-corrected chi connectivity index (χ2v) is 3.97. The maximum atomic E-state index is 6.09. The van der Waals surface area contributed by atoms with Crippen LogP contribution in [-0.2, 0) is 0 Å². The molecule has 0 aliphatic heterocycles. The molecule has 1 heterocycles. The van der Waals surface area contributed by atoms with Crippen molar-refractivity contribution in [3.8, 4) is 0 Å². The molecular formula is C11H12ClN. The van der Waals surface area contributed by atoms with Gasteiger partial charge in [0.2, 0.25) is 0 Å². The van der Waals surface area contributed by atoms with Crippen LogP contribution >= 0.6 is 11.6 Å². The van der Waals surface area contributed by atoms with E-state index in [0.29, 0.717) is 5.92 Å². The van der Waals surface area contributed by atoms with Gasteiger partial charge in [0, 0.05) is 17.1 Å². The molecule has 1 aromatic heterocycles. The molecule has 2 rings (SSSR count). The Morgan fingerprint density at radius 2 is 2.08 bits per heavy atom. The van der Waals surface area contributed by atoms with Crippen LogP contribution in [0.4, 0.5) is 0 Å². The highest BCUT2D eigenvalue weighted by Gasteiger charge is 2.08. The summed E-state index contributed by atoms with van der Waals surface area (Å²) in [5, 5.41) is 1.98. The fourth-order valence-corrected chi connectivity index (χ4v) is 1.92. The van der Waals surface area contributed by atoms with Gasteiger partial charge in [0.1, 0.15) is 0 Å². The fraction of sp³-hybridized carbons (Fsp3) is 0.273. The molecule has 0 saturated heterocycles. The van der Waals surface area contributed by atoms with E-state index in [1.54, 1.807) is 0 Å². The third-order valence-corrected chi connectivity index (χ3v) is 2.61. The molecule has 0 fully saturated rings. The van der Waals surface area contributed by atoms with Crippen LogP contribution in [-0.4, -0.2) is 4.98 Å². The number of hydrogen-bond donors (Lipinski definition) is 1. The smallest absolute Gasteiger partial charge is 0.0662 e. The standard InChI is InChI=1S/C11H12ClN/c1-7(2)8-4-3-5-10-11(8)9(12)6-13-10/h3-7,13H,1-2H3. The summed E-state index contributed by atoms with van der Waals surface area (Å²) in [5.74, 6) is 0.511. The van der Waals surface area contributed by atoms with E-state index in [9.17, 15) is 0 Å². The number of benzene rings is 1. The van der Waals surface area contributed by atoms with Crippen LogP contribution in [0.15, 0.2) is 24.4 Å². The summed E-state index contributed by atoms with van der Waals surface area (Å²) >= 11 is 6.09. The molecule has 0 aliphatic carbocycles. The lowest BCUT2D eigenvalue weighted by molar-refractivity contribution is 0.876. The number of rotatable bonds is 1. The number of halogens is 1. The molecule has 68 valence electrons. The molecule has 1 nitrogen and oxygen atoms in total. The zero-order valence-electron chi connectivity index (χ0n) is 7.76. The van der Waals surface area contributed by atoms with Crippen LogP contribution in [0.25, 0.3) is 10.9 Å². The van der Waals surface area contributed by atoms with Crippen molar-refractivity contribution >= 4 is 22.5 Å². The molecule has 0 saturated carbocycles. The molecule has 0 bridgehead atoms. The van der Waals surface area contributed by atoms with Gasteiger partial charge >= 0.3 is 0 Å². The van der Waals surface area contributed by atoms with E-state index < -0.39 is 0 Å². The Labute approximate surface area is 82.7 Å². The first-order valence-electron chi connectivity index (χ1n) is 4.45. The number of nitrogens with one attached hydrogen (secondary N) is 1. The maximum absolute atomic E-state index is 6.09. The van der Waals surface area contributed by atoms with E-state index in [-0.39, 0.29) is 0 Å². The van der Waals surface area contributed by atoms with Crippen LogP contribution in [0.1, 0.15) is 25.3 Å². The first-order valence-corrected chi connectivity index (χ1v) is 4.83. The minimum Gasteiger partial charge on any atom is -0.360 e. The normalized spacial score (nSPS) is 11.4. The van der Waals surface area contributed by atoms with Crippen molar-refractivity contribution < 1.29 is 0 Å². The van der Waals surface area contributed by atoms with E-state index >= 15 is 0 Å². The average Bonchev–Trinajstić information content (AvgIpc) is 2.48. The SMILES string of the molecule is CC(C)c1cccc2[nH]cc(Cl)c12. The van der Waals surface area contributed by atoms with Crippen molar-refractivity contribution in [2.45, 2.75) is 19.8 Å². The van der Waals surface area contributed by atoms with Gasteiger partial charge in [0.15, 0.2) is 0 Å². The Morgan fingerprint density at radius 1 is 1.31 bits per heavy atom. The first-order chi connectivity index (χ1) is 6.20. The third kappa shape index (κ3) is 1.33. The molecule has 2 aromatic rings. The molecule has 1 aromatic carbocycles. The number of H-pyrrole nitrogens is 1. The maximum Gasteiger partial charge on any atom is 0.0662 e. The summed E-state index contributed by atoms with van der Waals surface area (Å²) in [7, 11) is 0. The van der Waals surface area contributed by atoms with Crippen LogP contribution in [0.3, 0.4) is 0 Å². The Hall–Kier alpha value is -0.950. The summed E-state index contributed by atoms with van der Waals surface area (Å²) in [4.78, 5) is 3.15. The van der Waals surface area contributed by atoms with Gasteiger partial charge < -0.3 is 4.98 Å². The Bertz CT molecular complexity index is 429. The van der Waals surface area contributed by atoms with Crippen LogP contribution in [0.2, 0.25) is 5.02 Å². The lowest BCUT2D eigenvalue weighted by atomic mass is 9.99. The van der Waals surface area contributed by atoms with E-state index in [1.165, 1.54) is 10.9 Å². The predicted octanol–water partition coefficient (Wildman–Crippen LogP) is 3.94. The van der Waals surface area contributed by atoms with E-state index in [0.717, 1.165) is 10.5 Å². The summed E-state index contributed by atoms with van der Waals surface area (Å²) < 4.78 is 0. The van der Waals surface area contributed by atoms with Crippen molar-refractivity contribution in [1.29, 1.82) is 0 Å². The second kappa shape index (κ2) is 3.08. The molecular weight excluding hydrogens is 182 g/mol. The average molecular weight is 194 g/mol. The van der Waals surface area contributed by atoms with E-state index in [4.69, 9.17) is 11.6 Å². The zero-order valence-corrected chi connectivity index (χ0v) is 8.52. The molecule has 0 atom stereocenters. The molecule has 1 N–H and O–H groups in total. The zero-order chi connectivity index (χ0) is 9.42. The minimum absolute atomic E-state index is 0.511. The summed E-state index contributed by atoms with van der Waals surface area (Å²) in [5.41, 5.74) is 2.43. The Balaban J connectivity index is 2.80. The van der Waals surface area contributed by atoms with Gasteiger partial charge in [-0.15, -0.1) is 0 Å². The Kier molecular flexibility index (Phi) is 2.04. The first kappa shape index (κ1) is 8.64. The lowest BCUT2D eigenvalue weighted by Crippen LogP contribution is -1.87. The van der Waals surface area contributed by atoms with Crippen molar-refractivity contribution in [1.82, 2.24) is 4.98 Å².